The van der Waals surface area contributed by atoms with E-state index in [0.29, 0.717) is 11.1 Å². The maximum Gasteiger partial charge on any atom is 0.196 e. The lowest BCUT2D eigenvalue weighted by molar-refractivity contribution is 0.0987. The third kappa shape index (κ3) is 3.78. The van der Waals surface area contributed by atoms with Gasteiger partial charge in [0, 0.05) is 18.7 Å². The van der Waals surface area contributed by atoms with Crippen LogP contribution >= 0.6 is 0 Å². The number of carbonyl (C=O) groups is 2. The Balaban J connectivity index is 1.70. The summed E-state index contributed by atoms with van der Waals surface area (Å²) in [4.78, 5) is 25.3. The minimum atomic E-state index is -0.236. The summed E-state index contributed by atoms with van der Waals surface area (Å²) in [6, 6.07) is 25.2. The molecular formula is C25H20N2O2. The highest BCUT2D eigenvalue weighted by Gasteiger charge is 2.21. The number of ketones is 2. The largest absolute Gasteiger partial charge is 0.293 e. The SMILES string of the molecule is CC(=O)c1nn(-c2cccc(C)c2)cc1C(=O)c1ccc(-c2ccccc2)cc1. The molecule has 1 aromatic heterocycles. The molecule has 4 heteroatoms. The average Bonchev–Trinajstić information content (AvgIpc) is 3.20. The lowest BCUT2D eigenvalue weighted by Gasteiger charge is -2.04. The number of hydrogen-bond acceptors (Lipinski definition) is 3. The van der Waals surface area contributed by atoms with Crippen LogP contribution in [0.1, 0.15) is 38.9 Å². The van der Waals surface area contributed by atoms with Crippen molar-refractivity contribution in [2.45, 2.75) is 13.8 Å². The molecule has 1 heterocycles. The molecule has 0 bridgehead atoms. The molecule has 29 heavy (non-hydrogen) atoms. The van der Waals surface area contributed by atoms with Crippen molar-refractivity contribution < 1.29 is 9.59 Å². The highest BCUT2D eigenvalue weighted by molar-refractivity contribution is 6.14. The van der Waals surface area contributed by atoms with Crippen molar-refractivity contribution in [3.05, 3.63) is 107 Å². The van der Waals surface area contributed by atoms with Gasteiger partial charge in [0.1, 0.15) is 5.69 Å². The van der Waals surface area contributed by atoms with E-state index in [0.717, 1.165) is 22.4 Å². The second-order valence-corrected chi connectivity index (χ2v) is 7.00. The van der Waals surface area contributed by atoms with Gasteiger partial charge in [0.25, 0.3) is 0 Å². The molecule has 0 aliphatic rings. The Bertz CT molecular complexity index is 1190. The number of aryl methyl sites for hydroxylation is 1. The first-order valence-corrected chi connectivity index (χ1v) is 9.41. The summed E-state index contributed by atoms with van der Waals surface area (Å²) >= 11 is 0. The predicted octanol–water partition coefficient (Wildman–Crippen LogP) is 5.28. The molecule has 0 N–H and O–H groups in total. The number of hydrogen-bond donors (Lipinski definition) is 0. The fourth-order valence-electron chi connectivity index (χ4n) is 3.30. The zero-order valence-electron chi connectivity index (χ0n) is 16.3. The van der Waals surface area contributed by atoms with E-state index in [2.05, 4.69) is 5.10 Å². The Kier molecular flexibility index (Phi) is 4.92. The van der Waals surface area contributed by atoms with E-state index in [1.165, 1.54) is 6.92 Å². The fourth-order valence-corrected chi connectivity index (χ4v) is 3.30. The van der Waals surface area contributed by atoms with Gasteiger partial charge >= 0.3 is 0 Å². The second kappa shape index (κ2) is 7.68. The van der Waals surface area contributed by atoms with Crippen molar-refractivity contribution in [2.24, 2.45) is 0 Å². The van der Waals surface area contributed by atoms with Crippen molar-refractivity contribution >= 4 is 11.6 Å². The van der Waals surface area contributed by atoms with Crippen LogP contribution in [0.4, 0.5) is 0 Å². The first-order valence-electron chi connectivity index (χ1n) is 9.41. The van der Waals surface area contributed by atoms with E-state index >= 15 is 0 Å². The van der Waals surface area contributed by atoms with Crippen LogP contribution in [0.5, 0.6) is 0 Å². The maximum absolute atomic E-state index is 13.1. The van der Waals surface area contributed by atoms with E-state index in [1.807, 2.05) is 73.7 Å². The Morgan fingerprint density at radius 3 is 2.17 bits per heavy atom. The van der Waals surface area contributed by atoms with E-state index in [4.69, 9.17) is 0 Å². The molecule has 0 spiro atoms. The number of nitrogens with zero attached hydrogens (tertiary/aromatic N) is 2. The molecule has 0 atom stereocenters. The van der Waals surface area contributed by atoms with Gasteiger partial charge in [-0.25, -0.2) is 4.68 Å². The number of benzene rings is 3. The maximum atomic E-state index is 13.1. The van der Waals surface area contributed by atoms with Gasteiger partial charge in [-0.2, -0.15) is 5.10 Å². The van der Waals surface area contributed by atoms with Crippen molar-refractivity contribution in [2.75, 3.05) is 0 Å². The Labute approximate surface area is 169 Å². The van der Waals surface area contributed by atoms with Crippen LogP contribution < -0.4 is 0 Å². The summed E-state index contributed by atoms with van der Waals surface area (Å²) in [5, 5.41) is 4.38. The van der Waals surface area contributed by atoms with E-state index in [9.17, 15) is 9.59 Å². The molecular weight excluding hydrogens is 360 g/mol. The molecule has 0 radical (unpaired) electrons. The normalized spacial score (nSPS) is 10.7. The van der Waals surface area contributed by atoms with Crippen molar-refractivity contribution in [1.82, 2.24) is 9.78 Å². The smallest absolute Gasteiger partial charge is 0.196 e. The number of aromatic nitrogens is 2. The van der Waals surface area contributed by atoms with Crippen LogP contribution in [0.15, 0.2) is 85.1 Å². The molecule has 0 amide bonds. The summed E-state index contributed by atoms with van der Waals surface area (Å²) < 4.78 is 1.59. The van der Waals surface area contributed by atoms with E-state index in [-0.39, 0.29) is 17.3 Å². The average molecular weight is 380 g/mol. The summed E-state index contributed by atoms with van der Waals surface area (Å²) in [7, 11) is 0. The molecule has 0 fully saturated rings. The van der Waals surface area contributed by atoms with Gasteiger partial charge in [0.05, 0.1) is 11.3 Å². The highest BCUT2D eigenvalue weighted by Crippen LogP contribution is 2.22. The summed E-state index contributed by atoms with van der Waals surface area (Å²) in [5.74, 6) is -0.450. The van der Waals surface area contributed by atoms with Gasteiger partial charge < -0.3 is 0 Å². The third-order valence-electron chi connectivity index (χ3n) is 4.81. The molecule has 4 nitrogen and oxygen atoms in total. The van der Waals surface area contributed by atoms with Crippen molar-refractivity contribution in [3.8, 4) is 16.8 Å². The molecule has 0 aliphatic carbocycles. The lowest BCUT2D eigenvalue weighted by atomic mass is 9.99. The van der Waals surface area contributed by atoms with E-state index < -0.39 is 0 Å². The van der Waals surface area contributed by atoms with Gasteiger partial charge in [0.15, 0.2) is 11.6 Å². The van der Waals surface area contributed by atoms with Crippen LogP contribution in [0.2, 0.25) is 0 Å². The van der Waals surface area contributed by atoms with E-state index in [1.54, 1.807) is 23.0 Å². The first-order chi connectivity index (χ1) is 14.0. The van der Waals surface area contributed by atoms with Gasteiger partial charge in [0.2, 0.25) is 0 Å². The molecule has 142 valence electrons. The van der Waals surface area contributed by atoms with Crippen LogP contribution in [0, 0.1) is 6.92 Å². The van der Waals surface area contributed by atoms with Crippen LogP contribution in [0.25, 0.3) is 16.8 Å². The third-order valence-corrected chi connectivity index (χ3v) is 4.81. The number of Topliss-reactive ketones (excluding diaryl/α,β-unsaturated/α-hetero) is 1. The Morgan fingerprint density at radius 1 is 0.828 bits per heavy atom. The molecule has 0 unspecified atom stereocenters. The Morgan fingerprint density at radius 2 is 1.52 bits per heavy atom. The van der Waals surface area contributed by atoms with Gasteiger partial charge in [-0.05, 0) is 35.7 Å². The van der Waals surface area contributed by atoms with Crippen LogP contribution in [-0.2, 0) is 0 Å². The molecule has 0 aliphatic heterocycles. The van der Waals surface area contributed by atoms with Crippen LogP contribution in [-0.4, -0.2) is 21.3 Å². The van der Waals surface area contributed by atoms with Crippen molar-refractivity contribution in [3.63, 3.8) is 0 Å². The summed E-state index contributed by atoms with van der Waals surface area (Å²) in [6.45, 7) is 3.41. The number of carbonyl (C=O) groups excluding carboxylic acids is 2. The predicted molar refractivity (Wildman–Crippen MR) is 114 cm³/mol. The Hall–Kier alpha value is -3.79. The molecule has 3 aromatic carbocycles. The van der Waals surface area contributed by atoms with Gasteiger partial charge in [-0.3, -0.25) is 9.59 Å². The fraction of sp³-hybridized carbons (Fsp3) is 0.0800. The van der Waals surface area contributed by atoms with Crippen LogP contribution in [0.3, 0.4) is 0 Å². The summed E-state index contributed by atoms with van der Waals surface area (Å²) in [6.07, 6.45) is 1.64. The number of rotatable bonds is 5. The highest BCUT2D eigenvalue weighted by atomic mass is 16.1. The standard InChI is InChI=1S/C25H20N2O2/c1-17-7-6-10-22(15-17)27-16-23(24(26-27)18(2)28)25(29)21-13-11-20(12-14-21)19-8-4-3-5-9-19/h3-16H,1-2H3. The minimum Gasteiger partial charge on any atom is -0.293 e. The molecule has 4 rings (SSSR count). The van der Waals surface area contributed by atoms with Crippen molar-refractivity contribution in [1.29, 1.82) is 0 Å². The molecule has 0 saturated heterocycles. The van der Waals surface area contributed by atoms with Gasteiger partial charge in [-0.1, -0.05) is 66.7 Å². The zero-order chi connectivity index (χ0) is 20.4. The minimum absolute atomic E-state index is 0.184. The zero-order valence-corrected chi connectivity index (χ0v) is 16.3. The van der Waals surface area contributed by atoms with Gasteiger partial charge in [-0.15, -0.1) is 0 Å². The topological polar surface area (TPSA) is 52.0 Å². The first kappa shape index (κ1) is 18.6. The quantitative estimate of drug-likeness (QED) is 0.443. The second-order valence-electron chi connectivity index (χ2n) is 7.00. The summed E-state index contributed by atoms with van der Waals surface area (Å²) in [5.41, 5.74) is 5.02. The molecule has 0 saturated carbocycles. The monoisotopic (exact) mass is 380 g/mol. The lowest BCUT2D eigenvalue weighted by Crippen LogP contribution is -2.06. The molecule has 4 aromatic rings.